The second-order valence-electron chi connectivity index (χ2n) is 7.09. The van der Waals surface area contributed by atoms with Crippen molar-refractivity contribution in [3.63, 3.8) is 0 Å². The molecule has 0 saturated carbocycles. The highest BCUT2D eigenvalue weighted by Gasteiger charge is 2.21. The zero-order valence-electron chi connectivity index (χ0n) is 16.6. The Kier molecular flexibility index (Phi) is 5.29. The number of aromatic nitrogens is 4. The van der Waals surface area contributed by atoms with Gasteiger partial charge in [-0.25, -0.2) is 4.98 Å². The Hall–Kier alpha value is -2.87. The van der Waals surface area contributed by atoms with Crippen LogP contribution in [0.2, 0.25) is 0 Å². The summed E-state index contributed by atoms with van der Waals surface area (Å²) in [6.07, 6.45) is 1.85. The second kappa shape index (κ2) is 8.02. The normalized spacial score (nSPS) is 14.6. The van der Waals surface area contributed by atoms with Crippen molar-refractivity contribution in [1.82, 2.24) is 19.5 Å². The molecule has 4 rings (SSSR count). The van der Waals surface area contributed by atoms with Crippen LogP contribution < -0.4 is 15.0 Å². The van der Waals surface area contributed by atoms with Crippen molar-refractivity contribution < 1.29 is 9.47 Å². The highest BCUT2D eigenvalue weighted by Crippen LogP contribution is 2.27. The van der Waals surface area contributed by atoms with E-state index in [1.54, 1.807) is 7.11 Å². The molecule has 0 atom stereocenters. The molecule has 148 valence electrons. The standard InChI is InChI=1S/C20H26N6O2/c1-14(2)26-13-22-17-18(25-8-10-28-11-9-25)23-20(24-19(17)26)21-12-15-4-6-16(27-3)7-5-15/h4-7,13-14H,8-12H2,1-3H3,(H,21,23,24). The first-order valence-electron chi connectivity index (χ1n) is 9.60. The van der Waals surface area contributed by atoms with Crippen molar-refractivity contribution in [3.8, 4) is 5.75 Å². The predicted molar refractivity (Wildman–Crippen MR) is 109 cm³/mol. The highest BCUT2D eigenvalue weighted by molar-refractivity contribution is 5.85. The Morgan fingerprint density at radius 2 is 1.89 bits per heavy atom. The minimum absolute atomic E-state index is 0.270. The molecule has 8 heteroatoms. The molecule has 0 radical (unpaired) electrons. The third kappa shape index (κ3) is 3.73. The summed E-state index contributed by atoms with van der Waals surface area (Å²) in [6.45, 7) is 7.89. The van der Waals surface area contributed by atoms with E-state index >= 15 is 0 Å². The monoisotopic (exact) mass is 382 g/mol. The van der Waals surface area contributed by atoms with Crippen molar-refractivity contribution in [1.29, 1.82) is 0 Å². The molecule has 0 unspecified atom stereocenters. The summed E-state index contributed by atoms with van der Waals surface area (Å²) in [6, 6.07) is 8.24. The molecule has 0 amide bonds. The van der Waals surface area contributed by atoms with Gasteiger partial charge in [-0.2, -0.15) is 9.97 Å². The van der Waals surface area contributed by atoms with E-state index in [9.17, 15) is 0 Å². The fourth-order valence-corrected chi connectivity index (χ4v) is 3.28. The molecule has 1 saturated heterocycles. The van der Waals surface area contributed by atoms with E-state index in [1.165, 1.54) is 0 Å². The first kappa shape index (κ1) is 18.5. The lowest BCUT2D eigenvalue weighted by atomic mass is 10.2. The Morgan fingerprint density at radius 1 is 1.14 bits per heavy atom. The molecule has 1 aromatic carbocycles. The number of hydrogen-bond acceptors (Lipinski definition) is 7. The van der Waals surface area contributed by atoms with Gasteiger partial charge >= 0.3 is 0 Å². The van der Waals surface area contributed by atoms with Crippen LogP contribution in [0.15, 0.2) is 30.6 Å². The van der Waals surface area contributed by atoms with Gasteiger partial charge in [0.2, 0.25) is 5.95 Å². The second-order valence-corrected chi connectivity index (χ2v) is 7.09. The summed E-state index contributed by atoms with van der Waals surface area (Å²) in [5.74, 6) is 2.31. The smallest absolute Gasteiger partial charge is 0.227 e. The lowest BCUT2D eigenvalue weighted by molar-refractivity contribution is 0.122. The molecule has 8 nitrogen and oxygen atoms in total. The van der Waals surface area contributed by atoms with Gasteiger partial charge in [-0.3, -0.25) is 0 Å². The maximum atomic E-state index is 5.49. The number of hydrogen-bond donors (Lipinski definition) is 1. The van der Waals surface area contributed by atoms with Gasteiger partial charge in [-0.1, -0.05) is 12.1 Å². The molecule has 3 aromatic rings. The topological polar surface area (TPSA) is 77.3 Å². The number of anilines is 2. The molecule has 3 heterocycles. The average Bonchev–Trinajstić information content (AvgIpc) is 3.17. The van der Waals surface area contributed by atoms with Crippen molar-refractivity contribution in [2.24, 2.45) is 0 Å². The predicted octanol–water partition coefficient (Wildman–Crippen LogP) is 2.86. The zero-order chi connectivity index (χ0) is 19.5. The Bertz CT molecular complexity index is 932. The summed E-state index contributed by atoms with van der Waals surface area (Å²) in [5, 5.41) is 3.36. The summed E-state index contributed by atoms with van der Waals surface area (Å²) in [5.41, 5.74) is 2.82. The van der Waals surface area contributed by atoms with Gasteiger partial charge in [0.05, 0.1) is 26.7 Å². The van der Waals surface area contributed by atoms with E-state index in [0.717, 1.165) is 41.4 Å². The molecule has 1 fully saturated rings. The third-order valence-corrected chi connectivity index (χ3v) is 4.88. The van der Waals surface area contributed by atoms with Crippen LogP contribution in [0.25, 0.3) is 11.2 Å². The van der Waals surface area contributed by atoms with E-state index in [2.05, 4.69) is 33.6 Å². The molecule has 0 bridgehead atoms. The fourth-order valence-electron chi connectivity index (χ4n) is 3.28. The summed E-state index contributed by atoms with van der Waals surface area (Å²) >= 11 is 0. The summed E-state index contributed by atoms with van der Waals surface area (Å²) in [7, 11) is 1.67. The van der Waals surface area contributed by atoms with Crippen LogP contribution in [0.5, 0.6) is 5.75 Å². The molecule has 1 N–H and O–H groups in total. The van der Waals surface area contributed by atoms with Crippen LogP contribution >= 0.6 is 0 Å². The highest BCUT2D eigenvalue weighted by atomic mass is 16.5. The molecule has 1 aliphatic heterocycles. The minimum Gasteiger partial charge on any atom is -0.497 e. The molecular formula is C20H26N6O2. The van der Waals surface area contributed by atoms with Crippen LogP contribution in [0.3, 0.4) is 0 Å². The summed E-state index contributed by atoms with van der Waals surface area (Å²) < 4.78 is 12.8. The zero-order valence-corrected chi connectivity index (χ0v) is 16.6. The van der Waals surface area contributed by atoms with Crippen LogP contribution in [0.4, 0.5) is 11.8 Å². The maximum Gasteiger partial charge on any atom is 0.227 e. The van der Waals surface area contributed by atoms with Gasteiger partial charge in [-0.05, 0) is 31.5 Å². The quantitative estimate of drug-likeness (QED) is 0.702. The fraction of sp³-hybridized carbons (Fsp3) is 0.450. The third-order valence-electron chi connectivity index (χ3n) is 4.88. The molecule has 28 heavy (non-hydrogen) atoms. The maximum absolute atomic E-state index is 5.49. The summed E-state index contributed by atoms with van der Waals surface area (Å²) in [4.78, 5) is 16.4. The number of nitrogens with zero attached hydrogens (tertiary/aromatic N) is 5. The first-order valence-corrected chi connectivity index (χ1v) is 9.60. The van der Waals surface area contributed by atoms with Gasteiger partial charge in [0.25, 0.3) is 0 Å². The number of fused-ring (bicyclic) bond motifs is 1. The number of nitrogens with one attached hydrogen (secondary N) is 1. The van der Waals surface area contributed by atoms with E-state index in [4.69, 9.17) is 19.4 Å². The molecule has 0 aliphatic carbocycles. The van der Waals surface area contributed by atoms with Gasteiger partial charge in [0.15, 0.2) is 17.0 Å². The van der Waals surface area contributed by atoms with E-state index in [-0.39, 0.29) is 6.04 Å². The number of ether oxygens (including phenoxy) is 2. The Balaban J connectivity index is 1.65. The molecule has 1 aliphatic rings. The molecule has 0 spiro atoms. The largest absolute Gasteiger partial charge is 0.497 e. The van der Waals surface area contributed by atoms with E-state index < -0.39 is 0 Å². The van der Waals surface area contributed by atoms with Gasteiger partial charge < -0.3 is 24.3 Å². The molecule has 2 aromatic heterocycles. The Labute approximate surface area is 164 Å². The number of morpholine rings is 1. The van der Waals surface area contributed by atoms with Crippen LogP contribution in [0.1, 0.15) is 25.5 Å². The van der Waals surface area contributed by atoms with Crippen LogP contribution in [0, 0.1) is 0 Å². The first-order chi connectivity index (χ1) is 13.7. The van der Waals surface area contributed by atoms with Crippen LogP contribution in [-0.4, -0.2) is 52.9 Å². The average molecular weight is 382 g/mol. The van der Waals surface area contributed by atoms with Crippen molar-refractivity contribution in [2.45, 2.75) is 26.4 Å². The number of benzene rings is 1. The van der Waals surface area contributed by atoms with Crippen molar-refractivity contribution >= 4 is 22.9 Å². The number of methoxy groups -OCH3 is 1. The number of imidazole rings is 1. The Morgan fingerprint density at radius 3 is 2.57 bits per heavy atom. The minimum atomic E-state index is 0.270. The van der Waals surface area contributed by atoms with E-state index in [0.29, 0.717) is 25.7 Å². The lowest BCUT2D eigenvalue weighted by Gasteiger charge is -2.28. The van der Waals surface area contributed by atoms with Gasteiger partial charge in [0, 0.05) is 25.7 Å². The lowest BCUT2D eigenvalue weighted by Crippen LogP contribution is -2.37. The number of rotatable bonds is 6. The van der Waals surface area contributed by atoms with Gasteiger partial charge in [0.1, 0.15) is 5.75 Å². The molecular weight excluding hydrogens is 356 g/mol. The van der Waals surface area contributed by atoms with Crippen molar-refractivity contribution in [3.05, 3.63) is 36.2 Å². The van der Waals surface area contributed by atoms with E-state index in [1.807, 2.05) is 30.6 Å². The SMILES string of the molecule is COc1ccc(CNc2nc(N3CCOCC3)c3ncn(C(C)C)c3n2)cc1. The van der Waals surface area contributed by atoms with Crippen molar-refractivity contribution in [2.75, 3.05) is 43.6 Å². The van der Waals surface area contributed by atoms with Crippen LogP contribution in [-0.2, 0) is 11.3 Å². The van der Waals surface area contributed by atoms with Gasteiger partial charge in [-0.15, -0.1) is 0 Å².